The summed E-state index contributed by atoms with van der Waals surface area (Å²) in [6, 6.07) is 4.10. The van der Waals surface area contributed by atoms with Crippen LogP contribution in [0, 0.1) is 0 Å². The molecule has 0 unspecified atom stereocenters. The van der Waals surface area contributed by atoms with Crippen LogP contribution in [0.1, 0.15) is 18.9 Å². The summed E-state index contributed by atoms with van der Waals surface area (Å²) in [5.74, 6) is 0.0912. The number of carbonyl (C=O) groups excluding carboxylic acids is 1. The van der Waals surface area contributed by atoms with Gasteiger partial charge in [-0.1, -0.05) is 11.3 Å². The number of anilines is 2. The van der Waals surface area contributed by atoms with Gasteiger partial charge in [-0.3, -0.25) is 4.79 Å². The Morgan fingerprint density at radius 1 is 1.53 bits per heavy atom. The molecule has 0 spiro atoms. The third kappa shape index (κ3) is 1.67. The van der Waals surface area contributed by atoms with Gasteiger partial charge in [-0.15, -0.1) is 0 Å². The summed E-state index contributed by atoms with van der Waals surface area (Å²) >= 11 is 1.50. The molecule has 0 radical (unpaired) electrons. The third-order valence-electron chi connectivity index (χ3n) is 3.10. The zero-order valence-electron chi connectivity index (χ0n) is 9.56. The Labute approximate surface area is 103 Å². The van der Waals surface area contributed by atoms with Crippen molar-refractivity contribution in [3.05, 3.63) is 17.7 Å². The molecule has 88 valence electrons. The Hall–Kier alpha value is -1.62. The summed E-state index contributed by atoms with van der Waals surface area (Å²) in [6.45, 7) is 2.40. The van der Waals surface area contributed by atoms with Gasteiger partial charge in [0, 0.05) is 19.2 Å². The topological polar surface area (TPSA) is 59.2 Å². The van der Waals surface area contributed by atoms with Gasteiger partial charge in [0.05, 0.1) is 10.2 Å². The highest BCUT2D eigenvalue weighted by Gasteiger charge is 2.21. The minimum absolute atomic E-state index is 0.0912. The molecule has 4 nitrogen and oxygen atoms in total. The number of carbonyl (C=O) groups is 1. The fraction of sp³-hybridized carbons (Fsp3) is 0.333. The van der Waals surface area contributed by atoms with E-state index in [-0.39, 0.29) is 5.91 Å². The first-order valence-electron chi connectivity index (χ1n) is 5.62. The van der Waals surface area contributed by atoms with Gasteiger partial charge in [-0.2, -0.15) is 0 Å². The number of amides is 1. The van der Waals surface area contributed by atoms with Crippen molar-refractivity contribution in [3.8, 4) is 0 Å². The minimum atomic E-state index is 0.0912. The molecule has 1 aliphatic heterocycles. The average Bonchev–Trinajstić information content (AvgIpc) is 2.63. The molecule has 1 aliphatic rings. The Morgan fingerprint density at radius 3 is 3.12 bits per heavy atom. The molecule has 17 heavy (non-hydrogen) atoms. The smallest absolute Gasteiger partial charge is 0.223 e. The standard InChI is InChI=1S/C12H13N3OS/c1-7(16)15-4-2-3-8-5-11-9(6-10(8)15)14-12(13)17-11/h5-6H,2-4H2,1H3,(H2,13,14). The van der Waals surface area contributed by atoms with Gasteiger partial charge in [0.2, 0.25) is 5.91 Å². The highest BCUT2D eigenvalue weighted by Crippen LogP contribution is 2.34. The fourth-order valence-corrected chi connectivity index (χ4v) is 3.13. The minimum Gasteiger partial charge on any atom is -0.375 e. The number of thiazole rings is 1. The van der Waals surface area contributed by atoms with E-state index in [9.17, 15) is 4.79 Å². The lowest BCUT2D eigenvalue weighted by molar-refractivity contribution is -0.116. The lowest BCUT2D eigenvalue weighted by Crippen LogP contribution is -2.33. The molecular formula is C12H13N3OS. The summed E-state index contributed by atoms with van der Waals surface area (Å²) < 4.78 is 1.10. The maximum Gasteiger partial charge on any atom is 0.223 e. The first-order chi connectivity index (χ1) is 8.15. The lowest BCUT2D eigenvalue weighted by atomic mass is 10.0. The van der Waals surface area contributed by atoms with Crippen molar-refractivity contribution in [1.82, 2.24) is 4.98 Å². The summed E-state index contributed by atoms with van der Waals surface area (Å²) in [7, 11) is 0. The monoisotopic (exact) mass is 247 g/mol. The molecule has 0 atom stereocenters. The molecule has 1 amide bonds. The van der Waals surface area contributed by atoms with Crippen LogP contribution in [0.25, 0.3) is 10.2 Å². The van der Waals surface area contributed by atoms with Crippen LogP contribution in [-0.2, 0) is 11.2 Å². The summed E-state index contributed by atoms with van der Waals surface area (Å²) in [5.41, 5.74) is 8.82. The Kier molecular flexibility index (Phi) is 2.29. The number of aryl methyl sites for hydroxylation is 1. The Morgan fingerprint density at radius 2 is 2.35 bits per heavy atom. The normalized spacial score (nSPS) is 15.0. The van der Waals surface area contributed by atoms with Crippen LogP contribution in [0.3, 0.4) is 0 Å². The Balaban J connectivity index is 2.21. The van der Waals surface area contributed by atoms with Crippen molar-refractivity contribution in [2.75, 3.05) is 17.2 Å². The maximum atomic E-state index is 11.6. The molecule has 2 aromatic rings. The van der Waals surface area contributed by atoms with Crippen molar-refractivity contribution in [3.63, 3.8) is 0 Å². The molecule has 0 fully saturated rings. The van der Waals surface area contributed by atoms with Crippen molar-refractivity contribution in [1.29, 1.82) is 0 Å². The summed E-state index contributed by atoms with van der Waals surface area (Å²) in [6.07, 6.45) is 2.04. The average molecular weight is 247 g/mol. The predicted octanol–water partition coefficient (Wildman–Crippen LogP) is 2.18. The highest BCUT2D eigenvalue weighted by atomic mass is 32.1. The van der Waals surface area contributed by atoms with E-state index in [1.54, 1.807) is 6.92 Å². The number of fused-ring (bicyclic) bond motifs is 2. The number of aromatic nitrogens is 1. The number of nitrogen functional groups attached to an aromatic ring is 1. The molecule has 1 aromatic carbocycles. The molecule has 5 heteroatoms. The maximum absolute atomic E-state index is 11.6. The first-order valence-corrected chi connectivity index (χ1v) is 6.44. The van der Waals surface area contributed by atoms with E-state index in [1.165, 1.54) is 16.9 Å². The molecule has 0 bridgehead atoms. The van der Waals surface area contributed by atoms with Crippen molar-refractivity contribution in [2.24, 2.45) is 0 Å². The van der Waals surface area contributed by atoms with Crippen molar-refractivity contribution in [2.45, 2.75) is 19.8 Å². The van der Waals surface area contributed by atoms with Gasteiger partial charge in [-0.05, 0) is 30.5 Å². The second kappa shape index (κ2) is 3.70. The summed E-state index contributed by atoms with van der Waals surface area (Å²) in [5, 5.41) is 0.580. The van der Waals surface area contributed by atoms with E-state index in [0.29, 0.717) is 5.13 Å². The molecule has 0 saturated carbocycles. The molecule has 3 rings (SSSR count). The SMILES string of the molecule is CC(=O)N1CCCc2cc3sc(N)nc3cc21. The largest absolute Gasteiger partial charge is 0.375 e. The van der Waals surface area contributed by atoms with Crippen LogP contribution in [0.2, 0.25) is 0 Å². The molecule has 2 heterocycles. The van der Waals surface area contributed by atoms with E-state index in [4.69, 9.17) is 5.73 Å². The number of nitrogens with two attached hydrogens (primary N) is 1. The van der Waals surface area contributed by atoms with Gasteiger partial charge in [0.1, 0.15) is 0 Å². The van der Waals surface area contributed by atoms with Gasteiger partial charge in [-0.25, -0.2) is 4.98 Å². The van der Waals surface area contributed by atoms with Crippen LogP contribution in [0.4, 0.5) is 10.8 Å². The van der Waals surface area contributed by atoms with Gasteiger partial charge >= 0.3 is 0 Å². The van der Waals surface area contributed by atoms with E-state index in [2.05, 4.69) is 11.1 Å². The van der Waals surface area contributed by atoms with E-state index >= 15 is 0 Å². The van der Waals surface area contributed by atoms with E-state index in [1.807, 2.05) is 11.0 Å². The second-order valence-electron chi connectivity index (χ2n) is 4.27. The number of nitrogens with zero attached hydrogens (tertiary/aromatic N) is 2. The molecule has 2 N–H and O–H groups in total. The third-order valence-corrected chi connectivity index (χ3v) is 3.95. The van der Waals surface area contributed by atoms with Crippen molar-refractivity contribution >= 4 is 38.3 Å². The van der Waals surface area contributed by atoms with Gasteiger partial charge in [0.15, 0.2) is 5.13 Å². The van der Waals surface area contributed by atoms with Gasteiger partial charge < -0.3 is 10.6 Å². The molecule has 1 aromatic heterocycles. The lowest BCUT2D eigenvalue weighted by Gasteiger charge is -2.28. The van der Waals surface area contributed by atoms with Crippen LogP contribution < -0.4 is 10.6 Å². The van der Waals surface area contributed by atoms with Crippen molar-refractivity contribution < 1.29 is 4.79 Å². The first kappa shape index (κ1) is 10.5. The highest BCUT2D eigenvalue weighted by molar-refractivity contribution is 7.22. The Bertz CT molecular complexity index is 605. The van der Waals surface area contributed by atoms with Crippen LogP contribution >= 0.6 is 11.3 Å². The number of rotatable bonds is 0. The number of hydrogen-bond donors (Lipinski definition) is 1. The molecule has 0 aliphatic carbocycles. The zero-order chi connectivity index (χ0) is 12.0. The molecule has 0 saturated heterocycles. The van der Waals surface area contributed by atoms with E-state index < -0.39 is 0 Å². The molecular weight excluding hydrogens is 234 g/mol. The van der Waals surface area contributed by atoms with Crippen LogP contribution in [0.5, 0.6) is 0 Å². The van der Waals surface area contributed by atoms with E-state index in [0.717, 1.165) is 35.3 Å². The van der Waals surface area contributed by atoms with Crippen LogP contribution in [-0.4, -0.2) is 17.4 Å². The van der Waals surface area contributed by atoms with Crippen LogP contribution in [0.15, 0.2) is 12.1 Å². The second-order valence-corrected chi connectivity index (χ2v) is 5.34. The van der Waals surface area contributed by atoms with Gasteiger partial charge in [0.25, 0.3) is 0 Å². The predicted molar refractivity (Wildman–Crippen MR) is 70.4 cm³/mol. The number of hydrogen-bond acceptors (Lipinski definition) is 4. The zero-order valence-corrected chi connectivity index (χ0v) is 10.4. The number of benzene rings is 1. The quantitative estimate of drug-likeness (QED) is 0.776. The fourth-order valence-electron chi connectivity index (χ4n) is 2.35. The summed E-state index contributed by atoms with van der Waals surface area (Å²) in [4.78, 5) is 17.7.